The molecule has 1 amide bonds. The molecular formula is C12H19N3O. The molecule has 0 radical (unpaired) electrons. The maximum absolute atomic E-state index is 11.8. The highest BCUT2D eigenvalue weighted by atomic mass is 16.1. The first kappa shape index (κ1) is 11.2. The number of carbonyl (C=O) groups excluding carboxylic acids is 1. The molecule has 0 aromatic carbocycles. The Morgan fingerprint density at radius 3 is 2.69 bits per heavy atom. The quantitative estimate of drug-likeness (QED) is 0.824. The van der Waals surface area contributed by atoms with Crippen LogP contribution >= 0.6 is 0 Å². The minimum atomic E-state index is 0.0986. The summed E-state index contributed by atoms with van der Waals surface area (Å²) < 4.78 is 0. The standard InChI is InChI=1S/C12H19N3O/c1-8-9(2)14-15-12(8)13-11(16)7-10-5-3-4-6-10/h10H,3-7H2,1-2H3,(H2,13,14,15,16). The van der Waals surface area contributed by atoms with Crippen LogP contribution in [-0.4, -0.2) is 16.1 Å². The molecule has 0 saturated heterocycles. The van der Waals surface area contributed by atoms with Crippen LogP contribution in [0.4, 0.5) is 5.82 Å². The maximum Gasteiger partial charge on any atom is 0.225 e. The molecule has 16 heavy (non-hydrogen) atoms. The van der Waals surface area contributed by atoms with Crippen LogP contribution in [0.15, 0.2) is 0 Å². The third-order valence-corrected chi connectivity index (χ3v) is 3.46. The number of carbonyl (C=O) groups is 1. The fourth-order valence-corrected chi connectivity index (χ4v) is 2.27. The van der Waals surface area contributed by atoms with E-state index in [9.17, 15) is 4.79 Å². The van der Waals surface area contributed by atoms with E-state index in [2.05, 4.69) is 15.5 Å². The molecule has 0 bridgehead atoms. The summed E-state index contributed by atoms with van der Waals surface area (Å²) in [6.07, 6.45) is 5.60. The summed E-state index contributed by atoms with van der Waals surface area (Å²) in [5, 5.41) is 9.82. The predicted molar refractivity (Wildman–Crippen MR) is 63.3 cm³/mol. The Kier molecular flexibility index (Phi) is 3.27. The van der Waals surface area contributed by atoms with Gasteiger partial charge in [0.2, 0.25) is 5.91 Å². The SMILES string of the molecule is Cc1[nH]nc(NC(=O)CC2CCCC2)c1C. The second kappa shape index (κ2) is 4.68. The van der Waals surface area contributed by atoms with Crippen LogP contribution in [0.25, 0.3) is 0 Å². The zero-order valence-corrected chi connectivity index (χ0v) is 9.97. The summed E-state index contributed by atoms with van der Waals surface area (Å²) in [5.41, 5.74) is 2.04. The van der Waals surface area contributed by atoms with Crippen LogP contribution in [0.2, 0.25) is 0 Å². The first-order valence-corrected chi connectivity index (χ1v) is 5.98. The molecule has 0 aliphatic heterocycles. The van der Waals surface area contributed by atoms with Crippen molar-refractivity contribution in [2.24, 2.45) is 5.92 Å². The second-order valence-corrected chi connectivity index (χ2v) is 4.72. The Labute approximate surface area is 95.8 Å². The third-order valence-electron chi connectivity index (χ3n) is 3.46. The molecule has 1 aromatic heterocycles. The Morgan fingerprint density at radius 1 is 1.44 bits per heavy atom. The number of hydrogen-bond donors (Lipinski definition) is 2. The van der Waals surface area contributed by atoms with Gasteiger partial charge in [-0.2, -0.15) is 5.10 Å². The number of hydrogen-bond acceptors (Lipinski definition) is 2. The summed E-state index contributed by atoms with van der Waals surface area (Å²) in [5.74, 6) is 1.36. The van der Waals surface area contributed by atoms with Gasteiger partial charge in [0.1, 0.15) is 0 Å². The topological polar surface area (TPSA) is 57.8 Å². The van der Waals surface area contributed by atoms with Crippen LogP contribution in [0.1, 0.15) is 43.4 Å². The maximum atomic E-state index is 11.8. The lowest BCUT2D eigenvalue weighted by atomic mass is 10.0. The Hall–Kier alpha value is -1.32. The summed E-state index contributed by atoms with van der Waals surface area (Å²) in [6, 6.07) is 0. The van der Waals surface area contributed by atoms with Crippen LogP contribution in [0, 0.1) is 19.8 Å². The van der Waals surface area contributed by atoms with Crippen molar-refractivity contribution >= 4 is 11.7 Å². The van der Waals surface area contributed by atoms with Gasteiger partial charge in [-0.3, -0.25) is 9.89 Å². The molecule has 88 valence electrons. The fraction of sp³-hybridized carbons (Fsp3) is 0.667. The summed E-state index contributed by atoms with van der Waals surface area (Å²) in [6.45, 7) is 3.92. The molecule has 0 unspecified atom stereocenters. The minimum absolute atomic E-state index is 0.0986. The Bertz CT molecular complexity index is 378. The highest BCUT2D eigenvalue weighted by molar-refractivity contribution is 5.90. The molecule has 4 heteroatoms. The third kappa shape index (κ3) is 2.43. The zero-order valence-electron chi connectivity index (χ0n) is 9.97. The van der Waals surface area contributed by atoms with Gasteiger partial charge in [-0.25, -0.2) is 0 Å². The number of nitrogens with one attached hydrogen (secondary N) is 2. The van der Waals surface area contributed by atoms with Gasteiger partial charge >= 0.3 is 0 Å². The summed E-state index contributed by atoms with van der Waals surface area (Å²) in [7, 11) is 0. The second-order valence-electron chi connectivity index (χ2n) is 4.72. The number of H-pyrrole nitrogens is 1. The molecular weight excluding hydrogens is 202 g/mol. The molecule has 1 saturated carbocycles. The van der Waals surface area contributed by atoms with Crippen molar-refractivity contribution < 1.29 is 4.79 Å². The van der Waals surface area contributed by atoms with Gasteiger partial charge in [-0.15, -0.1) is 0 Å². The van der Waals surface area contributed by atoms with Crippen molar-refractivity contribution in [3.63, 3.8) is 0 Å². The molecule has 4 nitrogen and oxygen atoms in total. The van der Waals surface area contributed by atoms with E-state index in [0.29, 0.717) is 18.2 Å². The van der Waals surface area contributed by atoms with Crippen LogP contribution < -0.4 is 5.32 Å². The van der Waals surface area contributed by atoms with E-state index in [1.165, 1.54) is 25.7 Å². The monoisotopic (exact) mass is 221 g/mol. The van der Waals surface area contributed by atoms with Gasteiger partial charge in [-0.1, -0.05) is 12.8 Å². The van der Waals surface area contributed by atoms with E-state index in [1.807, 2.05) is 13.8 Å². The van der Waals surface area contributed by atoms with Gasteiger partial charge in [0, 0.05) is 17.7 Å². The number of aromatic nitrogens is 2. The zero-order chi connectivity index (χ0) is 11.5. The Morgan fingerprint density at radius 2 is 2.12 bits per heavy atom. The van der Waals surface area contributed by atoms with E-state index >= 15 is 0 Å². The normalized spacial score (nSPS) is 16.6. The molecule has 2 N–H and O–H groups in total. The average molecular weight is 221 g/mol. The minimum Gasteiger partial charge on any atom is -0.309 e. The van der Waals surface area contributed by atoms with Crippen LogP contribution in [-0.2, 0) is 4.79 Å². The number of amides is 1. The molecule has 1 heterocycles. The predicted octanol–water partition coefficient (Wildman–Crippen LogP) is 2.55. The van der Waals surface area contributed by atoms with Gasteiger partial charge in [-0.05, 0) is 32.6 Å². The smallest absolute Gasteiger partial charge is 0.225 e. The first-order valence-electron chi connectivity index (χ1n) is 5.98. The van der Waals surface area contributed by atoms with Crippen LogP contribution in [0.3, 0.4) is 0 Å². The van der Waals surface area contributed by atoms with Crippen molar-refractivity contribution in [3.05, 3.63) is 11.3 Å². The highest BCUT2D eigenvalue weighted by Crippen LogP contribution is 2.27. The lowest BCUT2D eigenvalue weighted by molar-refractivity contribution is -0.117. The molecule has 2 rings (SSSR count). The van der Waals surface area contributed by atoms with Gasteiger partial charge in [0.15, 0.2) is 5.82 Å². The molecule has 1 fully saturated rings. The lowest BCUT2D eigenvalue weighted by Gasteiger charge is -2.08. The van der Waals surface area contributed by atoms with E-state index in [4.69, 9.17) is 0 Å². The molecule has 1 aliphatic carbocycles. The molecule has 1 aromatic rings. The highest BCUT2D eigenvalue weighted by Gasteiger charge is 2.19. The van der Waals surface area contributed by atoms with E-state index in [-0.39, 0.29) is 5.91 Å². The van der Waals surface area contributed by atoms with Crippen molar-refractivity contribution in [2.75, 3.05) is 5.32 Å². The molecule has 0 spiro atoms. The van der Waals surface area contributed by atoms with E-state index in [1.54, 1.807) is 0 Å². The van der Waals surface area contributed by atoms with Gasteiger partial charge < -0.3 is 5.32 Å². The number of anilines is 1. The summed E-state index contributed by atoms with van der Waals surface area (Å²) >= 11 is 0. The van der Waals surface area contributed by atoms with Crippen molar-refractivity contribution in [1.82, 2.24) is 10.2 Å². The van der Waals surface area contributed by atoms with E-state index in [0.717, 1.165) is 11.3 Å². The number of nitrogens with zero attached hydrogens (tertiary/aromatic N) is 1. The van der Waals surface area contributed by atoms with Gasteiger partial charge in [0.25, 0.3) is 0 Å². The largest absolute Gasteiger partial charge is 0.309 e. The summed E-state index contributed by atoms with van der Waals surface area (Å²) in [4.78, 5) is 11.8. The number of aromatic amines is 1. The van der Waals surface area contributed by atoms with Gasteiger partial charge in [0.05, 0.1) is 0 Å². The van der Waals surface area contributed by atoms with Crippen molar-refractivity contribution in [3.8, 4) is 0 Å². The Balaban J connectivity index is 1.89. The fourth-order valence-electron chi connectivity index (χ4n) is 2.27. The first-order chi connectivity index (χ1) is 7.66. The van der Waals surface area contributed by atoms with Crippen molar-refractivity contribution in [2.45, 2.75) is 46.0 Å². The van der Waals surface area contributed by atoms with Crippen LogP contribution in [0.5, 0.6) is 0 Å². The molecule has 1 aliphatic rings. The lowest BCUT2D eigenvalue weighted by Crippen LogP contribution is -2.15. The number of aryl methyl sites for hydroxylation is 1. The molecule has 0 atom stereocenters. The number of rotatable bonds is 3. The average Bonchev–Trinajstić information content (AvgIpc) is 2.83. The van der Waals surface area contributed by atoms with E-state index < -0.39 is 0 Å². The van der Waals surface area contributed by atoms with Crippen molar-refractivity contribution in [1.29, 1.82) is 0 Å².